The first-order valence-electron chi connectivity index (χ1n) is 9.01. The molecule has 1 heterocycles. The maximum atomic E-state index is 12.4. The Balaban J connectivity index is 1.58. The summed E-state index contributed by atoms with van der Waals surface area (Å²) in [7, 11) is 0. The standard InChI is InChI=1S/C22H18N2O6/c25-19(15-29-21(26)14-12-18-11-13-20(30-18)24(27)28)23-22(16-7-3-1-4-8-16)17-9-5-2-6-10-17/h1-14,22H,15H2,(H,23,25)/b14-12+. The first kappa shape index (κ1) is 20.5. The molecule has 0 aliphatic carbocycles. The van der Waals surface area contributed by atoms with Gasteiger partial charge in [0.25, 0.3) is 5.91 Å². The lowest BCUT2D eigenvalue weighted by Crippen LogP contribution is -2.32. The molecule has 0 fully saturated rings. The van der Waals surface area contributed by atoms with Gasteiger partial charge in [-0.25, -0.2) is 4.79 Å². The van der Waals surface area contributed by atoms with Crippen molar-refractivity contribution in [3.8, 4) is 0 Å². The van der Waals surface area contributed by atoms with Crippen LogP contribution < -0.4 is 5.32 Å². The van der Waals surface area contributed by atoms with Gasteiger partial charge < -0.3 is 14.5 Å². The van der Waals surface area contributed by atoms with E-state index in [1.54, 1.807) is 0 Å². The molecule has 0 saturated carbocycles. The number of amides is 1. The maximum absolute atomic E-state index is 12.4. The van der Waals surface area contributed by atoms with E-state index < -0.39 is 35.3 Å². The number of ether oxygens (including phenoxy) is 1. The van der Waals surface area contributed by atoms with Crippen molar-refractivity contribution in [2.45, 2.75) is 6.04 Å². The first-order valence-corrected chi connectivity index (χ1v) is 9.01. The van der Waals surface area contributed by atoms with Gasteiger partial charge in [0.2, 0.25) is 0 Å². The van der Waals surface area contributed by atoms with Crippen molar-refractivity contribution in [3.05, 3.63) is 106 Å². The lowest BCUT2D eigenvalue weighted by atomic mass is 9.99. The van der Waals surface area contributed by atoms with Gasteiger partial charge in [0.1, 0.15) is 10.7 Å². The van der Waals surface area contributed by atoms with Crippen LogP contribution in [0.3, 0.4) is 0 Å². The number of rotatable bonds is 8. The molecule has 8 nitrogen and oxygen atoms in total. The van der Waals surface area contributed by atoms with Gasteiger partial charge in [-0.15, -0.1) is 0 Å². The van der Waals surface area contributed by atoms with Crippen LogP contribution in [0.1, 0.15) is 22.9 Å². The minimum absolute atomic E-state index is 0.122. The number of nitrogens with one attached hydrogen (secondary N) is 1. The van der Waals surface area contributed by atoms with Crippen molar-refractivity contribution in [2.24, 2.45) is 0 Å². The van der Waals surface area contributed by atoms with Crippen molar-refractivity contribution < 1.29 is 23.7 Å². The van der Waals surface area contributed by atoms with E-state index in [4.69, 9.17) is 9.15 Å². The Morgan fingerprint density at radius 3 is 2.13 bits per heavy atom. The monoisotopic (exact) mass is 406 g/mol. The van der Waals surface area contributed by atoms with Crippen LogP contribution in [0.5, 0.6) is 0 Å². The summed E-state index contributed by atoms with van der Waals surface area (Å²) < 4.78 is 9.84. The van der Waals surface area contributed by atoms with Gasteiger partial charge in [-0.3, -0.25) is 14.9 Å². The minimum atomic E-state index is -0.778. The molecular formula is C22H18N2O6. The topological polar surface area (TPSA) is 112 Å². The zero-order valence-corrected chi connectivity index (χ0v) is 15.8. The van der Waals surface area contributed by atoms with Crippen LogP contribution in [0.25, 0.3) is 6.08 Å². The molecule has 3 rings (SSSR count). The second-order valence-electron chi connectivity index (χ2n) is 6.20. The number of hydrogen-bond acceptors (Lipinski definition) is 6. The van der Waals surface area contributed by atoms with E-state index in [-0.39, 0.29) is 5.76 Å². The average Bonchev–Trinajstić information content (AvgIpc) is 3.25. The molecule has 2 aromatic carbocycles. The summed E-state index contributed by atoms with van der Waals surface area (Å²) in [6.45, 7) is -0.475. The van der Waals surface area contributed by atoms with Gasteiger partial charge >= 0.3 is 11.9 Å². The normalized spacial score (nSPS) is 10.8. The molecule has 0 saturated heterocycles. The predicted molar refractivity (Wildman–Crippen MR) is 108 cm³/mol. The lowest BCUT2D eigenvalue weighted by Gasteiger charge is -2.19. The molecule has 8 heteroatoms. The molecule has 30 heavy (non-hydrogen) atoms. The Bertz CT molecular complexity index is 1000. The van der Waals surface area contributed by atoms with Gasteiger partial charge in [0.15, 0.2) is 6.61 Å². The Morgan fingerprint density at radius 2 is 1.60 bits per heavy atom. The van der Waals surface area contributed by atoms with Crippen molar-refractivity contribution in [2.75, 3.05) is 6.61 Å². The van der Waals surface area contributed by atoms with Gasteiger partial charge in [-0.2, -0.15) is 0 Å². The third-order valence-electron chi connectivity index (χ3n) is 4.09. The summed E-state index contributed by atoms with van der Waals surface area (Å²) in [4.78, 5) is 34.1. The summed E-state index contributed by atoms with van der Waals surface area (Å²) in [6, 6.07) is 21.0. The number of benzene rings is 2. The fourth-order valence-electron chi connectivity index (χ4n) is 2.72. The van der Waals surface area contributed by atoms with Gasteiger partial charge in [0.05, 0.1) is 12.1 Å². The Hall–Kier alpha value is -4.20. The van der Waals surface area contributed by atoms with Crippen molar-refractivity contribution >= 4 is 23.8 Å². The second kappa shape index (κ2) is 9.83. The third-order valence-corrected chi connectivity index (χ3v) is 4.09. The van der Waals surface area contributed by atoms with Crippen LogP contribution in [0, 0.1) is 10.1 Å². The molecule has 0 bridgehead atoms. The lowest BCUT2D eigenvalue weighted by molar-refractivity contribution is -0.402. The highest BCUT2D eigenvalue weighted by Crippen LogP contribution is 2.21. The Labute approximate surface area is 171 Å². The van der Waals surface area contributed by atoms with E-state index in [2.05, 4.69) is 5.32 Å². The predicted octanol–water partition coefficient (Wildman–Crippen LogP) is 3.65. The molecule has 0 aliphatic rings. The second-order valence-corrected chi connectivity index (χ2v) is 6.20. The first-order chi connectivity index (χ1) is 14.5. The fraction of sp³-hybridized carbons (Fsp3) is 0.0909. The molecular weight excluding hydrogens is 388 g/mol. The summed E-state index contributed by atoms with van der Waals surface area (Å²) in [5.41, 5.74) is 1.78. The Morgan fingerprint density at radius 1 is 1.00 bits per heavy atom. The molecule has 0 unspecified atom stereocenters. The molecule has 1 amide bonds. The Kier molecular flexibility index (Phi) is 6.73. The summed E-state index contributed by atoms with van der Waals surface area (Å²) in [6.07, 6.45) is 2.26. The van der Waals surface area contributed by atoms with Crippen LogP contribution >= 0.6 is 0 Å². The molecule has 0 aliphatic heterocycles. The number of carbonyl (C=O) groups excluding carboxylic acids is 2. The van der Waals surface area contributed by atoms with E-state index in [1.165, 1.54) is 18.2 Å². The highest BCUT2D eigenvalue weighted by molar-refractivity contribution is 5.89. The molecule has 0 atom stereocenters. The fourth-order valence-corrected chi connectivity index (χ4v) is 2.72. The van der Waals surface area contributed by atoms with E-state index in [9.17, 15) is 19.7 Å². The van der Waals surface area contributed by atoms with E-state index in [0.29, 0.717) is 0 Å². The molecule has 0 spiro atoms. The van der Waals surface area contributed by atoms with Crippen molar-refractivity contribution in [3.63, 3.8) is 0 Å². The minimum Gasteiger partial charge on any atom is -0.452 e. The van der Waals surface area contributed by atoms with Crippen LogP contribution in [0.4, 0.5) is 5.88 Å². The van der Waals surface area contributed by atoms with E-state index >= 15 is 0 Å². The van der Waals surface area contributed by atoms with Crippen LogP contribution in [0.15, 0.2) is 83.3 Å². The van der Waals surface area contributed by atoms with E-state index in [1.807, 2.05) is 60.7 Å². The van der Waals surface area contributed by atoms with Crippen LogP contribution in [-0.2, 0) is 14.3 Å². The maximum Gasteiger partial charge on any atom is 0.433 e. The van der Waals surface area contributed by atoms with Gasteiger partial charge in [-0.1, -0.05) is 60.7 Å². The smallest absolute Gasteiger partial charge is 0.433 e. The van der Waals surface area contributed by atoms with E-state index in [0.717, 1.165) is 17.2 Å². The average molecular weight is 406 g/mol. The van der Waals surface area contributed by atoms with Crippen molar-refractivity contribution in [1.29, 1.82) is 0 Å². The molecule has 1 aromatic heterocycles. The zero-order valence-electron chi connectivity index (χ0n) is 15.8. The summed E-state index contributed by atoms with van der Waals surface area (Å²) >= 11 is 0. The SMILES string of the molecule is O=C(COC(=O)/C=C/c1ccc([N+](=O)[O-])o1)NC(c1ccccc1)c1ccccc1. The molecule has 152 valence electrons. The summed E-state index contributed by atoms with van der Waals surface area (Å²) in [5, 5.41) is 13.4. The zero-order chi connectivity index (χ0) is 21.3. The highest BCUT2D eigenvalue weighted by Gasteiger charge is 2.17. The van der Waals surface area contributed by atoms with Crippen LogP contribution in [0.2, 0.25) is 0 Å². The quantitative estimate of drug-likeness (QED) is 0.264. The number of nitrogens with zero attached hydrogens (tertiary/aromatic N) is 1. The largest absolute Gasteiger partial charge is 0.452 e. The number of hydrogen-bond donors (Lipinski definition) is 1. The molecule has 1 N–H and O–H groups in total. The van der Waals surface area contributed by atoms with Crippen molar-refractivity contribution in [1.82, 2.24) is 5.32 Å². The number of carbonyl (C=O) groups is 2. The number of nitro groups is 1. The third kappa shape index (κ3) is 5.65. The molecule has 3 aromatic rings. The van der Waals surface area contributed by atoms with Gasteiger partial charge in [0, 0.05) is 6.08 Å². The molecule has 0 radical (unpaired) electrons. The van der Waals surface area contributed by atoms with Gasteiger partial charge in [-0.05, 0) is 23.3 Å². The highest BCUT2D eigenvalue weighted by atomic mass is 16.6. The summed E-state index contributed by atoms with van der Waals surface area (Å²) in [5.74, 6) is -1.56. The number of furan rings is 1. The number of esters is 1. The van der Waals surface area contributed by atoms with Crippen LogP contribution in [-0.4, -0.2) is 23.4 Å².